The highest BCUT2D eigenvalue weighted by Gasteiger charge is 2.19. The molecule has 0 fully saturated rings. The van der Waals surface area contributed by atoms with Crippen LogP contribution in [0, 0.1) is 0 Å². The maximum absolute atomic E-state index is 12.9. The van der Waals surface area contributed by atoms with Crippen molar-refractivity contribution < 1.29 is 22.7 Å². The molecular formula is C26H29N3O5S. The van der Waals surface area contributed by atoms with Crippen LogP contribution in [0.3, 0.4) is 0 Å². The van der Waals surface area contributed by atoms with E-state index in [1.807, 2.05) is 30.3 Å². The lowest BCUT2D eigenvalue weighted by Crippen LogP contribution is -2.29. The summed E-state index contributed by atoms with van der Waals surface area (Å²) in [5.74, 6) is -0.706. The molecule has 0 heterocycles. The summed E-state index contributed by atoms with van der Waals surface area (Å²) < 4.78 is 31.1. The summed E-state index contributed by atoms with van der Waals surface area (Å²) in [4.78, 5) is 25.4. The van der Waals surface area contributed by atoms with Crippen molar-refractivity contribution in [1.82, 2.24) is 5.32 Å². The zero-order chi connectivity index (χ0) is 25.3. The van der Waals surface area contributed by atoms with Gasteiger partial charge in [-0.2, -0.15) is 0 Å². The van der Waals surface area contributed by atoms with Gasteiger partial charge >= 0.3 is 0 Å². The molecule has 0 saturated heterocycles. The summed E-state index contributed by atoms with van der Waals surface area (Å²) in [6.45, 7) is 1.17. The normalized spacial score (nSPS) is 11.0. The summed E-state index contributed by atoms with van der Waals surface area (Å²) in [7, 11) is -1.95. The minimum absolute atomic E-state index is 0.179. The Hall–Kier alpha value is -3.69. The van der Waals surface area contributed by atoms with Crippen LogP contribution in [0.5, 0.6) is 0 Å². The van der Waals surface area contributed by atoms with E-state index in [1.54, 1.807) is 55.6 Å². The molecule has 35 heavy (non-hydrogen) atoms. The maximum atomic E-state index is 12.9. The van der Waals surface area contributed by atoms with Crippen LogP contribution in [0.4, 0.5) is 11.4 Å². The quantitative estimate of drug-likeness (QED) is 0.395. The van der Waals surface area contributed by atoms with Gasteiger partial charge in [0.05, 0.1) is 29.7 Å². The molecule has 0 atom stereocenters. The van der Waals surface area contributed by atoms with Crippen LogP contribution in [0.2, 0.25) is 0 Å². The Morgan fingerprint density at radius 1 is 0.886 bits per heavy atom. The van der Waals surface area contributed by atoms with Gasteiger partial charge in [-0.3, -0.25) is 13.9 Å². The van der Waals surface area contributed by atoms with Gasteiger partial charge in [0, 0.05) is 25.8 Å². The van der Waals surface area contributed by atoms with Crippen LogP contribution in [0.15, 0.2) is 78.9 Å². The summed E-state index contributed by atoms with van der Waals surface area (Å²) in [6.07, 6.45) is 1.83. The fourth-order valence-corrected chi connectivity index (χ4v) is 4.31. The van der Waals surface area contributed by atoms with E-state index < -0.39 is 15.9 Å². The fourth-order valence-electron chi connectivity index (χ4n) is 3.43. The van der Waals surface area contributed by atoms with Gasteiger partial charge in [0.25, 0.3) is 11.8 Å². The zero-order valence-electron chi connectivity index (χ0n) is 19.7. The summed E-state index contributed by atoms with van der Waals surface area (Å²) in [6, 6.07) is 22.3. The molecule has 2 N–H and O–H groups in total. The minimum atomic E-state index is -3.54. The number of methoxy groups -OCH3 is 1. The lowest BCUT2D eigenvalue weighted by Gasteiger charge is -2.22. The third-order valence-electron chi connectivity index (χ3n) is 5.22. The molecule has 0 bridgehead atoms. The average Bonchev–Trinajstić information content (AvgIpc) is 2.85. The molecule has 8 nitrogen and oxygen atoms in total. The van der Waals surface area contributed by atoms with Gasteiger partial charge in [-0.25, -0.2) is 8.42 Å². The number of rotatable bonds is 11. The van der Waals surface area contributed by atoms with Crippen LogP contribution in [-0.2, 0) is 21.3 Å². The first-order valence-corrected chi connectivity index (χ1v) is 12.9. The number of benzene rings is 3. The van der Waals surface area contributed by atoms with Crippen molar-refractivity contribution in [2.24, 2.45) is 0 Å². The van der Waals surface area contributed by atoms with Crippen molar-refractivity contribution >= 4 is 33.2 Å². The Labute approximate surface area is 206 Å². The van der Waals surface area contributed by atoms with Crippen molar-refractivity contribution in [2.75, 3.05) is 36.1 Å². The van der Waals surface area contributed by atoms with Crippen LogP contribution in [0.1, 0.15) is 32.7 Å². The molecule has 9 heteroatoms. The molecule has 0 spiro atoms. The standard InChI is InChI=1S/C26H29N3O5S/c1-34-18-8-17-27-26(31)23-11-6-7-12-24(23)28-25(30)21-13-15-22(16-14-21)29(35(2,32)33)19-20-9-4-3-5-10-20/h3-7,9-16H,8,17-19H2,1-2H3,(H,27,31)(H,28,30). The van der Waals surface area contributed by atoms with Crippen molar-refractivity contribution in [2.45, 2.75) is 13.0 Å². The smallest absolute Gasteiger partial charge is 0.255 e. The van der Waals surface area contributed by atoms with E-state index in [-0.39, 0.29) is 12.5 Å². The Kier molecular flexibility index (Phi) is 8.99. The van der Waals surface area contributed by atoms with Crippen LogP contribution < -0.4 is 14.9 Å². The number of para-hydroxylation sites is 1. The highest BCUT2D eigenvalue weighted by atomic mass is 32.2. The second-order valence-corrected chi connectivity index (χ2v) is 9.81. The highest BCUT2D eigenvalue weighted by Crippen LogP contribution is 2.22. The molecule has 3 aromatic carbocycles. The predicted molar refractivity (Wildman–Crippen MR) is 137 cm³/mol. The third-order valence-corrected chi connectivity index (χ3v) is 6.36. The molecule has 0 radical (unpaired) electrons. The number of hydrogen-bond donors (Lipinski definition) is 2. The third kappa shape index (κ3) is 7.40. The highest BCUT2D eigenvalue weighted by molar-refractivity contribution is 7.92. The van der Waals surface area contributed by atoms with E-state index in [9.17, 15) is 18.0 Å². The van der Waals surface area contributed by atoms with Crippen molar-refractivity contribution in [1.29, 1.82) is 0 Å². The van der Waals surface area contributed by atoms with Crippen LogP contribution >= 0.6 is 0 Å². The molecule has 0 aliphatic carbocycles. The second-order valence-electron chi connectivity index (χ2n) is 7.90. The van der Waals surface area contributed by atoms with Gasteiger partial charge < -0.3 is 15.4 Å². The number of ether oxygens (including phenoxy) is 1. The van der Waals surface area contributed by atoms with E-state index in [2.05, 4.69) is 10.6 Å². The summed E-state index contributed by atoms with van der Waals surface area (Å²) in [5.41, 5.74) is 2.35. The Balaban J connectivity index is 1.73. The summed E-state index contributed by atoms with van der Waals surface area (Å²) in [5, 5.41) is 5.58. The second kappa shape index (κ2) is 12.1. The Bertz CT molecular complexity index is 1250. The molecule has 0 aromatic heterocycles. The topological polar surface area (TPSA) is 105 Å². The first-order valence-electron chi connectivity index (χ1n) is 11.1. The van der Waals surface area contributed by atoms with Gasteiger partial charge in [0.1, 0.15) is 0 Å². The molecule has 184 valence electrons. The fraction of sp³-hybridized carbons (Fsp3) is 0.231. The van der Waals surface area contributed by atoms with Crippen LogP contribution in [-0.4, -0.2) is 46.7 Å². The number of amides is 2. The molecule has 0 aliphatic heterocycles. The van der Waals surface area contributed by atoms with E-state index in [4.69, 9.17) is 4.74 Å². The number of nitrogens with zero attached hydrogens (tertiary/aromatic N) is 1. The van der Waals surface area contributed by atoms with Crippen molar-refractivity contribution in [3.8, 4) is 0 Å². The molecule has 2 amide bonds. The number of sulfonamides is 1. The molecule has 0 unspecified atom stereocenters. The summed E-state index contributed by atoms with van der Waals surface area (Å²) >= 11 is 0. The molecule has 3 rings (SSSR count). The number of carbonyl (C=O) groups is 2. The van der Waals surface area contributed by atoms with Crippen molar-refractivity contribution in [3.05, 3.63) is 95.6 Å². The average molecular weight is 496 g/mol. The van der Waals surface area contributed by atoms with Crippen LogP contribution in [0.25, 0.3) is 0 Å². The monoisotopic (exact) mass is 495 g/mol. The number of anilines is 2. The van der Waals surface area contributed by atoms with Gasteiger partial charge in [0.2, 0.25) is 10.0 Å². The molecular weight excluding hydrogens is 466 g/mol. The lowest BCUT2D eigenvalue weighted by molar-refractivity contribution is 0.0949. The Morgan fingerprint density at radius 2 is 1.54 bits per heavy atom. The Morgan fingerprint density at radius 3 is 2.20 bits per heavy atom. The van der Waals surface area contributed by atoms with Gasteiger partial charge in [-0.05, 0) is 48.4 Å². The van der Waals surface area contributed by atoms with Gasteiger partial charge in [-0.15, -0.1) is 0 Å². The minimum Gasteiger partial charge on any atom is -0.385 e. The first kappa shape index (κ1) is 25.9. The van der Waals surface area contributed by atoms with E-state index in [1.165, 1.54) is 4.31 Å². The largest absolute Gasteiger partial charge is 0.385 e. The SMILES string of the molecule is COCCCNC(=O)c1ccccc1NC(=O)c1ccc(N(Cc2ccccc2)S(C)(=O)=O)cc1. The van der Waals surface area contributed by atoms with Gasteiger partial charge in [0.15, 0.2) is 0 Å². The van der Waals surface area contributed by atoms with E-state index in [0.717, 1.165) is 11.8 Å². The number of hydrogen-bond acceptors (Lipinski definition) is 5. The predicted octanol–water partition coefficient (Wildman–Crippen LogP) is 3.67. The van der Waals surface area contributed by atoms with Crippen molar-refractivity contribution in [3.63, 3.8) is 0 Å². The van der Waals surface area contributed by atoms with E-state index in [0.29, 0.717) is 42.1 Å². The maximum Gasteiger partial charge on any atom is 0.255 e. The lowest BCUT2D eigenvalue weighted by atomic mass is 10.1. The number of carbonyl (C=O) groups excluding carboxylic acids is 2. The molecule has 0 aliphatic rings. The zero-order valence-corrected chi connectivity index (χ0v) is 20.5. The molecule has 3 aromatic rings. The van der Waals surface area contributed by atoms with E-state index >= 15 is 0 Å². The van der Waals surface area contributed by atoms with Gasteiger partial charge in [-0.1, -0.05) is 42.5 Å². The first-order chi connectivity index (χ1) is 16.8. The number of nitrogens with one attached hydrogen (secondary N) is 2. The molecule has 0 saturated carbocycles.